The van der Waals surface area contributed by atoms with Crippen molar-refractivity contribution in [3.05, 3.63) is 93.9 Å². The van der Waals surface area contributed by atoms with E-state index in [1.807, 2.05) is 19.1 Å². The predicted molar refractivity (Wildman–Crippen MR) is 138 cm³/mol. The Bertz CT molecular complexity index is 1410. The van der Waals surface area contributed by atoms with E-state index in [1.54, 1.807) is 42.9 Å². The van der Waals surface area contributed by atoms with Crippen LogP contribution in [0.4, 0.5) is 11.6 Å². The van der Waals surface area contributed by atoms with Crippen LogP contribution in [0.2, 0.25) is 10.0 Å². The van der Waals surface area contributed by atoms with E-state index in [9.17, 15) is 9.59 Å². The van der Waals surface area contributed by atoms with Crippen LogP contribution in [0.25, 0.3) is 11.3 Å². The van der Waals surface area contributed by atoms with Crippen molar-refractivity contribution < 1.29 is 14.3 Å². The standard InChI is InChI=1S/C25H20Cl2N6O3/c1-14-5-6-15(23(34)32-33-24(35)22-18(26)11-17(36-2)12-19(22)27)10-21(14)31-25-29-9-7-20(30-25)16-4-3-8-28-13-16/h3-13H,1-2H3,(H,32,34)(H,33,35)(H,29,30,31). The number of ether oxygens (including phenoxy) is 1. The number of hydrogen-bond donors (Lipinski definition) is 3. The van der Waals surface area contributed by atoms with Crippen LogP contribution in [0.3, 0.4) is 0 Å². The van der Waals surface area contributed by atoms with Crippen LogP contribution in [-0.4, -0.2) is 33.9 Å². The third-order valence-corrected chi connectivity index (χ3v) is 5.72. The molecule has 2 amide bonds. The molecular weight excluding hydrogens is 503 g/mol. The van der Waals surface area contributed by atoms with Gasteiger partial charge in [-0.15, -0.1) is 0 Å². The fraction of sp³-hybridized carbons (Fsp3) is 0.0800. The molecule has 2 heterocycles. The summed E-state index contributed by atoms with van der Waals surface area (Å²) in [5.74, 6) is -0.460. The molecule has 0 atom stereocenters. The van der Waals surface area contributed by atoms with Crippen molar-refractivity contribution in [1.82, 2.24) is 25.8 Å². The fourth-order valence-electron chi connectivity index (χ4n) is 3.25. The average molecular weight is 523 g/mol. The zero-order valence-electron chi connectivity index (χ0n) is 19.2. The monoisotopic (exact) mass is 522 g/mol. The molecule has 0 saturated carbocycles. The van der Waals surface area contributed by atoms with Gasteiger partial charge in [0.15, 0.2) is 0 Å². The number of hydrogen-bond acceptors (Lipinski definition) is 7. The Balaban J connectivity index is 1.47. The molecule has 0 bridgehead atoms. The van der Waals surface area contributed by atoms with Gasteiger partial charge in [-0.3, -0.25) is 25.4 Å². The highest BCUT2D eigenvalue weighted by molar-refractivity contribution is 6.40. The number of halogens is 2. The molecule has 0 aliphatic rings. The van der Waals surface area contributed by atoms with Gasteiger partial charge < -0.3 is 10.1 Å². The first kappa shape index (κ1) is 24.9. The molecule has 0 aliphatic carbocycles. The molecule has 2 aromatic carbocycles. The normalized spacial score (nSPS) is 10.4. The second-order valence-corrected chi connectivity index (χ2v) is 8.35. The first-order chi connectivity index (χ1) is 17.4. The van der Waals surface area contributed by atoms with Crippen molar-refractivity contribution in [2.75, 3.05) is 12.4 Å². The number of rotatable bonds is 6. The first-order valence-corrected chi connectivity index (χ1v) is 11.4. The topological polar surface area (TPSA) is 118 Å². The summed E-state index contributed by atoms with van der Waals surface area (Å²) in [6.45, 7) is 1.88. The molecule has 0 spiro atoms. The number of benzene rings is 2. The van der Waals surface area contributed by atoms with E-state index in [4.69, 9.17) is 27.9 Å². The Labute approximate surface area is 216 Å². The Morgan fingerprint density at radius 2 is 1.69 bits per heavy atom. The lowest BCUT2D eigenvalue weighted by molar-refractivity contribution is 0.0847. The van der Waals surface area contributed by atoms with E-state index >= 15 is 0 Å². The number of carbonyl (C=O) groups excluding carboxylic acids is 2. The maximum Gasteiger partial charge on any atom is 0.272 e. The largest absolute Gasteiger partial charge is 0.497 e. The molecular formula is C25H20Cl2N6O3. The number of nitrogens with zero attached hydrogens (tertiary/aromatic N) is 3. The lowest BCUT2D eigenvalue weighted by Crippen LogP contribution is -2.41. The van der Waals surface area contributed by atoms with E-state index in [-0.39, 0.29) is 15.6 Å². The van der Waals surface area contributed by atoms with Crippen LogP contribution in [0, 0.1) is 6.92 Å². The average Bonchev–Trinajstić information content (AvgIpc) is 2.88. The Morgan fingerprint density at radius 1 is 0.944 bits per heavy atom. The minimum atomic E-state index is -0.674. The minimum absolute atomic E-state index is 0.0105. The Kier molecular flexibility index (Phi) is 7.62. The third-order valence-electron chi connectivity index (χ3n) is 5.13. The van der Waals surface area contributed by atoms with Gasteiger partial charge in [0.2, 0.25) is 5.95 Å². The van der Waals surface area contributed by atoms with Gasteiger partial charge in [0, 0.05) is 35.4 Å². The summed E-state index contributed by atoms with van der Waals surface area (Å²) in [5, 5.41) is 3.31. The van der Waals surface area contributed by atoms with Gasteiger partial charge in [0.05, 0.1) is 28.4 Å². The van der Waals surface area contributed by atoms with Gasteiger partial charge in [0.25, 0.3) is 11.8 Å². The quantitative estimate of drug-likeness (QED) is 0.305. The van der Waals surface area contributed by atoms with Crippen molar-refractivity contribution in [3.8, 4) is 17.0 Å². The summed E-state index contributed by atoms with van der Waals surface area (Å²) in [4.78, 5) is 38.2. The number of anilines is 2. The fourth-order valence-corrected chi connectivity index (χ4v) is 3.88. The number of nitrogens with one attached hydrogen (secondary N) is 3. The molecule has 2 aromatic heterocycles. The summed E-state index contributed by atoms with van der Waals surface area (Å²) >= 11 is 12.3. The number of amides is 2. The summed E-state index contributed by atoms with van der Waals surface area (Å²) < 4.78 is 5.07. The molecule has 3 N–H and O–H groups in total. The highest BCUT2D eigenvalue weighted by Crippen LogP contribution is 2.30. The number of pyridine rings is 1. The van der Waals surface area contributed by atoms with Crippen LogP contribution >= 0.6 is 23.2 Å². The van der Waals surface area contributed by atoms with Crippen LogP contribution in [0.15, 0.2) is 67.1 Å². The highest BCUT2D eigenvalue weighted by Gasteiger charge is 2.18. The van der Waals surface area contributed by atoms with Crippen molar-refractivity contribution >= 4 is 46.7 Å². The zero-order valence-corrected chi connectivity index (χ0v) is 20.7. The SMILES string of the molecule is COc1cc(Cl)c(C(=O)NNC(=O)c2ccc(C)c(Nc3nccc(-c4cccnc4)n3)c2)c(Cl)c1. The highest BCUT2D eigenvalue weighted by atomic mass is 35.5. The summed E-state index contributed by atoms with van der Waals surface area (Å²) in [7, 11) is 1.45. The van der Waals surface area contributed by atoms with E-state index in [1.165, 1.54) is 19.2 Å². The summed E-state index contributed by atoms with van der Waals surface area (Å²) in [6, 6.07) is 13.4. The molecule has 36 heavy (non-hydrogen) atoms. The van der Waals surface area contributed by atoms with Gasteiger partial charge in [-0.05, 0) is 55.0 Å². The van der Waals surface area contributed by atoms with Crippen LogP contribution in [0.1, 0.15) is 26.3 Å². The lowest BCUT2D eigenvalue weighted by atomic mass is 10.1. The van der Waals surface area contributed by atoms with Gasteiger partial charge in [-0.25, -0.2) is 9.97 Å². The predicted octanol–water partition coefficient (Wildman–Crippen LogP) is 4.98. The number of methoxy groups -OCH3 is 1. The van der Waals surface area contributed by atoms with Crippen molar-refractivity contribution in [1.29, 1.82) is 0 Å². The van der Waals surface area contributed by atoms with Gasteiger partial charge in [0.1, 0.15) is 5.75 Å². The second-order valence-electron chi connectivity index (χ2n) is 7.54. The molecule has 9 nitrogen and oxygen atoms in total. The zero-order chi connectivity index (χ0) is 25.7. The smallest absolute Gasteiger partial charge is 0.272 e. The maximum absolute atomic E-state index is 12.7. The van der Waals surface area contributed by atoms with E-state index < -0.39 is 11.8 Å². The van der Waals surface area contributed by atoms with E-state index in [0.717, 1.165) is 11.1 Å². The minimum Gasteiger partial charge on any atom is -0.497 e. The van der Waals surface area contributed by atoms with Gasteiger partial charge in [-0.1, -0.05) is 29.3 Å². The number of hydrazine groups is 1. The first-order valence-electron chi connectivity index (χ1n) is 10.6. The lowest BCUT2D eigenvalue weighted by Gasteiger charge is -2.13. The maximum atomic E-state index is 12.7. The second kappa shape index (κ2) is 11.0. The van der Waals surface area contributed by atoms with Crippen LogP contribution < -0.4 is 20.9 Å². The molecule has 4 rings (SSSR count). The van der Waals surface area contributed by atoms with Gasteiger partial charge in [-0.2, -0.15) is 0 Å². The molecule has 0 unspecified atom stereocenters. The van der Waals surface area contributed by atoms with Crippen LogP contribution in [-0.2, 0) is 0 Å². The third kappa shape index (κ3) is 5.70. The van der Waals surface area contributed by atoms with E-state index in [2.05, 4.69) is 31.1 Å². The Hall–Kier alpha value is -4.21. The number of carbonyl (C=O) groups is 2. The van der Waals surface area contributed by atoms with Crippen molar-refractivity contribution in [2.45, 2.75) is 6.92 Å². The molecule has 0 aliphatic heterocycles. The van der Waals surface area contributed by atoms with Gasteiger partial charge >= 0.3 is 0 Å². The molecule has 4 aromatic rings. The Morgan fingerprint density at radius 3 is 2.39 bits per heavy atom. The number of aryl methyl sites for hydroxylation is 1. The molecule has 182 valence electrons. The van der Waals surface area contributed by atoms with E-state index in [0.29, 0.717) is 28.6 Å². The van der Waals surface area contributed by atoms with Crippen molar-refractivity contribution in [3.63, 3.8) is 0 Å². The summed E-state index contributed by atoms with van der Waals surface area (Å²) in [5.41, 5.74) is 8.03. The summed E-state index contributed by atoms with van der Waals surface area (Å²) in [6.07, 6.45) is 5.03. The molecule has 11 heteroatoms. The van der Waals surface area contributed by atoms with Crippen molar-refractivity contribution in [2.24, 2.45) is 0 Å². The molecule has 0 saturated heterocycles. The molecule has 0 fully saturated rings. The number of aromatic nitrogens is 3. The van der Waals surface area contributed by atoms with Crippen LogP contribution in [0.5, 0.6) is 5.75 Å². The molecule has 0 radical (unpaired) electrons.